The first-order valence-corrected chi connectivity index (χ1v) is 29.5. The van der Waals surface area contributed by atoms with Gasteiger partial charge >= 0.3 is 0 Å². The Bertz CT molecular complexity index is 4950. The summed E-state index contributed by atoms with van der Waals surface area (Å²) in [6.45, 7) is 0. The van der Waals surface area contributed by atoms with Gasteiger partial charge in [-0.1, -0.05) is 259 Å². The molecule has 4 heteroatoms. The third-order valence-electron chi connectivity index (χ3n) is 15.9. The van der Waals surface area contributed by atoms with Crippen LogP contribution in [0, 0.1) is 0 Å². The fourth-order valence-corrected chi connectivity index (χ4v) is 11.7. The van der Waals surface area contributed by atoms with E-state index in [4.69, 9.17) is 8.83 Å². The summed E-state index contributed by atoms with van der Waals surface area (Å²) >= 11 is 3.46. The minimum absolute atomic E-state index is 0.882. The van der Waals surface area contributed by atoms with Crippen LogP contribution in [0.2, 0.25) is 0 Å². The Kier molecular flexibility index (Phi) is 14.7. The van der Waals surface area contributed by atoms with Crippen LogP contribution in [0.25, 0.3) is 110 Å². The number of furan rings is 2. The molecule has 16 aromatic rings. The molecule has 0 atom stereocenters. The van der Waals surface area contributed by atoms with E-state index < -0.39 is 0 Å². The normalized spacial score (nSPS) is 11.2. The molecular weight excluding hydrogens is 1100 g/mol. The average Bonchev–Trinajstić information content (AvgIpc) is 3.96. The maximum absolute atomic E-state index is 6.28. The Morgan fingerprint density at radius 1 is 0.235 bits per heavy atom. The van der Waals surface area contributed by atoms with Gasteiger partial charge in [0.25, 0.3) is 0 Å². The minimum Gasteiger partial charge on any atom is -0.456 e. The summed E-state index contributed by atoms with van der Waals surface area (Å²) in [4.78, 5) is 2.30. The second-order valence-electron chi connectivity index (χ2n) is 21.4. The first-order chi connectivity index (χ1) is 42.0. The number of hydrogen-bond donors (Lipinski definition) is 0. The minimum atomic E-state index is 0.882. The van der Waals surface area contributed by atoms with Crippen LogP contribution in [0.5, 0.6) is 0 Å². The first kappa shape index (κ1) is 52.5. The van der Waals surface area contributed by atoms with Gasteiger partial charge in [-0.25, -0.2) is 0 Å². The quantitative estimate of drug-likeness (QED) is 0.144. The molecule has 0 bridgehead atoms. The zero-order valence-corrected chi connectivity index (χ0v) is 48.1. The van der Waals surface area contributed by atoms with Crippen LogP contribution in [-0.4, -0.2) is 0 Å². The fourth-order valence-electron chi connectivity index (χ4n) is 11.5. The number of rotatable bonds is 9. The predicted octanol–water partition coefficient (Wildman–Crippen LogP) is 23.7. The number of para-hydroxylation sites is 2. The van der Waals surface area contributed by atoms with Crippen molar-refractivity contribution in [2.75, 3.05) is 4.90 Å². The Morgan fingerprint density at radius 3 is 1.11 bits per heavy atom. The molecule has 14 aromatic carbocycles. The molecule has 0 saturated carbocycles. The van der Waals surface area contributed by atoms with Crippen molar-refractivity contribution in [2.24, 2.45) is 0 Å². The van der Waals surface area contributed by atoms with Crippen molar-refractivity contribution in [1.29, 1.82) is 0 Å². The summed E-state index contributed by atoms with van der Waals surface area (Å²) in [5.41, 5.74) is 19.3. The molecule has 0 unspecified atom stereocenters. The average molecular weight is 1160 g/mol. The molecule has 0 aliphatic rings. The van der Waals surface area contributed by atoms with Gasteiger partial charge in [-0.2, -0.15) is 0 Å². The van der Waals surface area contributed by atoms with Crippen molar-refractivity contribution in [3.8, 4) is 44.5 Å². The predicted molar refractivity (Wildman–Crippen MR) is 362 cm³/mol. The number of hydrogen-bond acceptors (Lipinski definition) is 3. The van der Waals surface area contributed by atoms with Gasteiger partial charge in [0.05, 0.1) is 0 Å². The zero-order valence-electron chi connectivity index (χ0n) is 46.5. The second kappa shape index (κ2) is 23.8. The summed E-state index contributed by atoms with van der Waals surface area (Å²) in [7, 11) is 0. The van der Waals surface area contributed by atoms with Gasteiger partial charge < -0.3 is 13.7 Å². The van der Waals surface area contributed by atoms with Gasteiger partial charge in [-0.15, -0.1) is 0 Å². The molecule has 0 radical (unpaired) electrons. The molecule has 2 aromatic heterocycles. The number of halogens is 1. The van der Waals surface area contributed by atoms with E-state index in [0.717, 1.165) is 61.1 Å². The van der Waals surface area contributed by atoms with Crippen molar-refractivity contribution in [2.45, 2.75) is 6.42 Å². The lowest BCUT2D eigenvalue weighted by Crippen LogP contribution is -2.09. The largest absolute Gasteiger partial charge is 0.456 e. The van der Waals surface area contributed by atoms with Crippen molar-refractivity contribution in [3.05, 3.63) is 343 Å². The molecule has 0 spiro atoms. The monoisotopic (exact) mass is 1150 g/mol. The van der Waals surface area contributed by atoms with Crippen LogP contribution in [-0.2, 0) is 6.42 Å². The van der Waals surface area contributed by atoms with E-state index in [-0.39, 0.29) is 0 Å². The van der Waals surface area contributed by atoms with E-state index in [9.17, 15) is 0 Å². The number of anilines is 3. The van der Waals surface area contributed by atoms with E-state index in [1.54, 1.807) is 0 Å². The van der Waals surface area contributed by atoms with Crippen LogP contribution < -0.4 is 4.90 Å². The van der Waals surface area contributed by atoms with Gasteiger partial charge in [-0.3, -0.25) is 0 Å². The Hall–Kier alpha value is -10.5. The number of nitrogens with zero attached hydrogens (tertiary/aromatic N) is 1. The third kappa shape index (κ3) is 11.4. The summed E-state index contributed by atoms with van der Waals surface area (Å²) in [6, 6.07) is 116. The molecular formula is C81H56BrNO2. The molecule has 0 N–H and O–H groups in total. The first-order valence-electron chi connectivity index (χ1n) is 28.8. The van der Waals surface area contributed by atoms with Crippen LogP contribution >= 0.6 is 15.9 Å². The van der Waals surface area contributed by atoms with Gasteiger partial charge in [0.15, 0.2) is 0 Å². The second-order valence-corrected chi connectivity index (χ2v) is 22.3. The standard InChI is InChI=1S/C40H27NO.C25H18O.C16H11Br/c1-2-8-28(9-3-1)30-16-20-34(21-17-30)41(36-24-25-38-37-12-6-7-13-39(37)42-40(38)27-36)35-22-18-31(19-23-35)33-15-14-29-10-4-5-11-32(29)26-33;1-2-6-20(7-3-1)21-13-10-18(11-14-21)16-19-12-15-23-22-8-4-5-9-24(22)26-25(23)17-19;17-16-9-7-13(8-10-16)15-6-5-12-3-1-2-4-14(12)11-15/h1-27H;1-15,17H,16H2;1-11H. The molecule has 404 valence electrons. The number of benzene rings is 14. The maximum atomic E-state index is 6.28. The third-order valence-corrected chi connectivity index (χ3v) is 16.4. The van der Waals surface area contributed by atoms with Crippen molar-refractivity contribution in [3.63, 3.8) is 0 Å². The molecule has 0 fully saturated rings. The van der Waals surface area contributed by atoms with E-state index in [1.165, 1.54) is 88.0 Å². The van der Waals surface area contributed by atoms with Crippen molar-refractivity contribution < 1.29 is 8.83 Å². The van der Waals surface area contributed by atoms with Gasteiger partial charge in [0, 0.05) is 49.1 Å². The van der Waals surface area contributed by atoms with Crippen molar-refractivity contribution >= 4 is 98.4 Å². The highest BCUT2D eigenvalue weighted by molar-refractivity contribution is 9.10. The molecule has 0 saturated heterocycles. The van der Waals surface area contributed by atoms with Crippen LogP contribution in [0.1, 0.15) is 11.1 Å². The van der Waals surface area contributed by atoms with E-state index in [2.05, 4.69) is 318 Å². The molecule has 2 heterocycles. The highest BCUT2D eigenvalue weighted by Gasteiger charge is 2.17. The molecule has 85 heavy (non-hydrogen) atoms. The van der Waals surface area contributed by atoms with Gasteiger partial charge in [0.2, 0.25) is 0 Å². The summed E-state index contributed by atoms with van der Waals surface area (Å²) in [5, 5.41) is 9.70. The van der Waals surface area contributed by atoms with Gasteiger partial charge in [-0.05, 0) is 162 Å². The van der Waals surface area contributed by atoms with E-state index in [1.807, 2.05) is 30.3 Å². The topological polar surface area (TPSA) is 29.5 Å². The molecule has 0 amide bonds. The molecule has 16 rings (SSSR count). The van der Waals surface area contributed by atoms with Crippen LogP contribution in [0.4, 0.5) is 17.1 Å². The summed E-state index contributed by atoms with van der Waals surface area (Å²) < 4.78 is 13.4. The molecule has 3 nitrogen and oxygen atoms in total. The van der Waals surface area contributed by atoms with Crippen LogP contribution in [0.3, 0.4) is 0 Å². The maximum Gasteiger partial charge on any atom is 0.137 e. The van der Waals surface area contributed by atoms with Crippen molar-refractivity contribution in [1.82, 2.24) is 0 Å². The van der Waals surface area contributed by atoms with Crippen LogP contribution in [0.15, 0.2) is 341 Å². The lowest BCUT2D eigenvalue weighted by molar-refractivity contribution is 0.668. The molecule has 0 aliphatic carbocycles. The lowest BCUT2D eigenvalue weighted by atomic mass is 10.00. The van der Waals surface area contributed by atoms with Gasteiger partial charge in [0.1, 0.15) is 22.3 Å². The zero-order chi connectivity index (χ0) is 56.9. The SMILES string of the molecule is Brc1ccc(-c2ccc3ccccc3c2)cc1.c1ccc(-c2ccc(Cc3ccc4c(c3)oc3ccccc34)cc2)cc1.c1ccc(-c2ccc(N(c3ccc(-c4ccc5ccccc5c4)cc3)c3ccc4c(c3)oc3ccccc34)cc2)cc1. The lowest BCUT2D eigenvalue weighted by Gasteiger charge is -2.26. The number of fused-ring (bicyclic) bond motifs is 8. The van der Waals surface area contributed by atoms with E-state index in [0.29, 0.717) is 0 Å². The van der Waals surface area contributed by atoms with E-state index >= 15 is 0 Å². The highest BCUT2D eigenvalue weighted by atomic mass is 79.9. The Morgan fingerprint density at radius 2 is 0.588 bits per heavy atom. The molecule has 0 aliphatic heterocycles. The fraction of sp³-hybridized carbons (Fsp3) is 0.0123. The Labute approximate surface area is 503 Å². The summed E-state index contributed by atoms with van der Waals surface area (Å²) in [5.74, 6) is 0. The highest BCUT2D eigenvalue weighted by Crippen LogP contribution is 2.40. The smallest absolute Gasteiger partial charge is 0.137 e. The Balaban J connectivity index is 0.000000126. The summed E-state index contributed by atoms with van der Waals surface area (Å²) in [6.07, 6.45) is 0.905.